The van der Waals surface area contributed by atoms with Crippen molar-refractivity contribution in [1.29, 1.82) is 0 Å². The molecule has 9 nitrogen and oxygen atoms in total. The maximum atomic E-state index is 12.3. The molecule has 4 N–H and O–H groups in total. The second-order valence-corrected chi connectivity index (χ2v) is 15.7. The van der Waals surface area contributed by atoms with E-state index in [0.29, 0.717) is 32.1 Å². The predicted molar refractivity (Wildman–Crippen MR) is 218 cm³/mol. The highest BCUT2D eigenvalue weighted by Gasteiger charge is 2.35. The molecule has 6 atom stereocenters. The van der Waals surface area contributed by atoms with Crippen LogP contribution in [0.1, 0.15) is 200 Å². The van der Waals surface area contributed by atoms with Gasteiger partial charge in [-0.3, -0.25) is 9.59 Å². The van der Waals surface area contributed by atoms with Gasteiger partial charge in [-0.2, -0.15) is 0 Å². The highest BCUT2D eigenvalue weighted by Crippen LogP contribution is 2.29. The molecule has 1 saturated heterocycles. The van der Waals surface area contributed by atoms with Gasteiger partial charge in [0.05, 0.1) is 24.9 Å². The van der Waals surface area contributed by atoms with Crippen LogP contribution in [0.4, 0.5) is 0 Å². The number of carbonyl (C=O) groups is 2. The van der Waals surface area contributed by atoms with Gasteiger partial charge in [0.1, 0.15) is 6.61 Å². The molecule has 1 aliphatic rings. The first kappa shape index (κ1) is 50.2. The third-order valence-corrected chi connectivity index (χ3v) is 10.5. The number of aliphatic hydroxyl groups is 4. The van der Waals surface area contributed by atoms with E-state index in [1.807, 2.05) is 12.2 Å². The smallest absolute Gasteiger partial charge is 0.306 e. The lowest BCUT2D eigenvalue weighted by Crippen LogP contribution is -2.43. The van der Waals surface area contributed by atoms with Crippen molar-refractivity contribution >= 4 is 11.9 Å². The molecule has 0 aromatic heterocycles. The van der Waals surface area contributed by atoms with Crippen molar-refractivity contribution in [3.05, 3.63) is 24.3 Å². The lowest BCUT2D eigenvalue weighted by Gasteiger charge is -2.36. The summed E-state index contributed by atoms with van der Waals surface area (Å²) < 4.78 is 16.2. The van der Waals surface area contributed by atoms with Gasteiger partial charge < -0.3 is 34.6 Å². The Kier molecular flexibility index (Phi) is 33.1. The zero-order valence-electron chi connectivity index (χ0n) is 34.5. The van der Waals surface area contributed by atoms with E-state index in [-0.39, 0.29) is 31.3 Å². The molecular weight excluding hydrogens is 684 g/mol. The molecule has 0 aromatic rings. The van der Waals surface area contributed by atoms with Crippen molar-refractivity contribution in [1.82, 2.24) is 0 Å². The van der Waals surface area contributed by atoms with E-state index in [9.17, 15) is 30.0 Å². The predicted octanol–water partition coefficient (Wildman–Crippen LogP) is 9.95. The van der Waals surface area contributed by atoms with Gasteiger partial charge in [-0.25, -0.2) is 0 Å². The Morgan fingerprint density at radius 2 is 1.22 bits per heavy atom. The van der Waals surface area contributed by atoms with E-state index >= 15 is 0 Å². The van der Waals surface area contributed by atoms with Crippen LogP contribution in [0, 0.1) is 5.92 Å². The first-order chi connectivity index (χ1) is 26.3. The van der Waals surface area contributed by atoms with Gasteiger partial charge in [-0.15, -0.1) is 0 Å². The topological polar surface area (TPSA) is 143 Å². The molecule has 0 aromatic carbocycles. The summed E-state index contributed by atoms with van der Waals surface area (Å²) >= 11 is 0. The van der Waals surface area contributed by atoms with E-state index in [1.54, 1.807) is 12.2 Å². The lowest BCUT2D eigenvalue weighted by atomic mass is 9.87. The molecule has 316 valence electrons. The van der Waals surface area contributed by atoms with Crippen LogP contribution < -0.4 is 0 Å². The number of ether oxygens (including phenoxy) is 3. The molecule has 0 spiro atoms. The van der Waals surface area contributed by atoms with E-state index in [0.717, 1.165) is 38.5 Å². The van der Waals surface area contributed by atoms with Gasteiger partial charge in [0, 0.05) is 25.2 Å². The summed E-state index contributed by atoms with van der Waals surface area (Å²) in [6.07, 6.45) is 34.4. The molecule has 0 radical (unpaired) electrons. The van der Waals surface area contributed by atoms with Crippen molar-refractivity contribution in [2.24, 2.45) is 5.92 Å². The number of allylic oxidation sites excluding steroid dienone is 2. The van der Waals surface area contributed by atoms with E-state index < -0.39 is 43.3 Å². The number of esters is 2. The molecule has 1 unspecified atom stereocenters. The first-order valence-electron chi connectivity index (χ1n) is 22.3. The average Bonchev–Trinajstić information content (AvgIpc) is 3.15. The monoisotopic (exact) mass is 767 g/mol. The zero-order chi connectivity index (χ0) is 39.5. The first-order valence-corrected chi connectivity index (χ1v) is 22.3. The largest absolute Gasteiger partial charge is 0.462 e. The number of carbonyl (C=O) groups excluding carboxylic acids is 2. The van der Waals surface area contributed by atoms with Crippen molar-refractivity contribution in [3.8, 4) is 0 Å². The number of unbranched alkanes of at least 4 members (excludes halogenated alkanes) is 21. The van der Waals surface area contributed by atoms with Crippen LogP contribution in [0.3, 0.4) is 0 Å². The van der Waals surface area contributed by atoms with Crippen LogP contribution in [0.25, 0.3) is 0 Å². The van der Waals surface area contributed by atoms with Gasteiger partial charge in [-0.1, -0.05) is 173 Å². The van der Waals surface area contributed by atoms with Crippen LogP contribution in [0.15, 0.2) is 24.3 Å². The fourth-order valence-corrected chi connectivity index (χ4v) is 7.07. The normalized spacial score (nSPS) is 20.1. The summed E-state index contributed by atoms with van der Waals surface area (Å²) in [5.74, 6) is -1.04. The van der Waals surface area contributed by atoms with Crippen LogP contribution >= 0.6 is 0 Å². The summed E-state index contributed by atoms with van der Waals surface area (Å²) in [5.41, 5.74) is 0. The van der Waals surface area contributed by atoms with E-state index in [4.69, 9.17) is 14.2 Å². The summed E-state index contributed by atoms with van der Waals surface area (Å²) in [5, 5.41) is 40.4. The maximum absolute atomic E-state index is 12.3. The summed E-state index contributed by atoms with van der Waals surface area (Å²) in [6, 6.07) is 0. The quantitative estimate of drug-likeness (QED) is 0.0278. The molecule has 9 heteroatoms. The Morgan fingerprint density at radius 1 is 0.704 bits per heavy atom. The molecule has 1 rings (SSSR count). The number of aliphatic hydroxyl groups excluding tert-OH is 4. The van der Waals surface area contributed by atoms with Crippen molar-refractivity contribution in [3.63, 3.8) is 0 Å². The zero-order valence-corrected chi connectivity index (χ0v) is 34.5. The second kappa shape index (κ2) is 35.6. The Hall–Kier alpha value is -1.78. The lowest BCUT2D eigenvalue weighted by molar-refractivity contribution is -0.199. The van der Waals surface area contributed by atoms with Gasteiger partial charge in [0.2, 0.25) is 0 Å². The minimum absolute atomic E-state index is 0.134. The highest BCUT2D eigenvalue weighted by molar-refractivity contribution is 5.70. The standard InChI is InChI=1S/C45H82O9/c1-3-5-7-8-9-10-11-12-13-14-15-16-17-18-19-20-21-22-27-31-43(49)52-37-39(36-46)53-44(50)32-28-24-23-26-30-40-41(48)35-45(51)54-42(40)34-33-38(47)29-25-6-4-2/h23,26,33-34,38-42,45-48,51H,3-22,24-25,27-32,35-37H2,1-2H3/b26-23-,34-33+/t38-,39-,40-,41-,42+,45?/m0/s1. The Labute approximate surface area is 329 Å². The SMILES string of the molecule is CCCCCCCCCCCCCCCCCCCCCC(=O)OC[C@H](CO)OC(=O)CCC/C=C\C[C@H]1[C@@H](O)CC(O)O[C@@H]1/C=C/[C@@H](O)CCCCC. The van der Waals surface area contributed by atoms with Gasteiger partial charge in [0.15, 0.2) is 12.4 Å². The third-order valence-electron chi connectivity index (χ3n) is 10.5. The minimum atomic E-state index is -1.05. The molecule has 1 fully saturated rings. The minimum Gasteiger partial charge on any atom is -0.462 e. The third kappa shape index (κ3) is 28.6. The van der Waals surface area contributed by atoms with Crippen LogP contribution in [-0.4, -0.2) is 76.3 Å². The Bertz CT molecular complexity index is 938. The molecule has 54 heavy (non-hydrogen) atoms. The Morgan fingerprint density at radius 3 is 1.78 bits per heavy atom. The van der Waals surface area contributed by atoms with Crippen LogP contribution in [0.2, 0.25) is 0 Å². The van der Waals surface area contributed by atoms with E-state index in [2.05, 4.69) is 13.8 Å². The van der Waals surface area contributed by atoms with Gasteiger partial charge >= 0.3 is 11.9 Å². The van der Waals surface area contributed by atoms with Crippen molar-refractivity contribution < 1.29 is 44.2 Å². The average molecular weight is 767 g/mol. The molecule has 0 bridgehead atoms. The second-order valence-electron chi connectivity index (χ2n) is 15.7. The van der Waals surface area contributed by atoms with Crippen LogP contribution in [-0.2, 0) is 23.8 Å². The van der Waals surface area contributed by atoms with E-state index in [1.165, 1.54) is 103 Å². The summed E-state index contributed by atoms with van der Waals surface area (Å²) in [4.78, 5) is 24.5. The number of hydrogen-bond donors (Lipinski definition) is 4. The fourth-order valence-electron chi connectivity index (χ4n) is 7.07. The Balaban J connectivity index is 2.07. The molecular formula is C45H82O9. The van der Waals surface area contributed by atoms with Crippen LogP contribution in [0.5, 0.6) is 0 Å². The maximum Gasteiger partial charge on any atom is 0.306 e. The van der Waals surface area contributed by atoms with Gasteiger partial charge in [-0.05, 0) is 32.1 Å². The highest BCUT2D eigenvalue weighted by atomic mass is 16.6. The molecule has 0 amide bonds. The molecule has 1 aliphatic heterocycles. The summed E-state index contributed by atoms with van der Waals surface area (Å²) in [7, 11) is 0. The molecule has 0 saturated carbocycles. The number of rotatable bonds is 36. The summed E-state index contributed by atoms with van der Waals surface area (Å²) in [6.45, 7) is 3.83. The molecule has 0 aliphatic carbocycles. The van der Waals surface area contributed by atoms with Crippen molar-refractivity contribution in [2.45, 2.75) is 231 Å². The van der Waals surface area contributed by atoms with Gasteiger partial charge in [0.25, 0.3) is 0 Å². The number of hydrogen-bond acceptors (Lipinski definition) is 9. The molecule has 1 heterocycles. The van der Waals surface area contributed by atoms with Crippen molar-refractivity contribution in [2.75, 3.05) is 13.2 Å². The fraction of sp³-hybridized carbons (Fsp3) is 0.867.